The van der Waals surface area contributed by atoms with Gasteiger partial charge in [0.25, 0.3) is 0 Å². The molecular formula is C20H23FN2O3. The summed E-state index contributed by atoms with van der Waals surface area (Å²) in [6.45, 7) is 2.79. The SMILES string of the molecule is COc1ccc(CC(=O)N2CCN(c3ccc(F)cc3)CC2)cc1OC. The number of piperazine rings is 1. The molecule has 2 aromatic rings. The molecule has 0 unspecified atom stereocenters. The molecule has 0 N–H and O–H groups in total. The fourth-order valence-corrected chi connectivity index (χ4v) is 3.14. The molecule has 1 aliphatic rings. The standard InChI is InChI=1S/C20H23FN2O3/c1-25-18-8-3-15(13-19(18)26-2)14-20(24)23-11-9-22(10-12-23)17-6-4-16(21)5-7-17/h3-8,13H,9-12,14H2,1-2H3. The van der Waals surface area contributed by atoms with Crippen molar-refractivity contribution in [2.75, 3.05) is 45.3 Å². The van der Waals surface area contributed by atoms with Crippen molar-refractivity contribution in [1.29, 1.82) is 0 Å². The van der Waals surface area contributed by atoms with E-state index in [0.717, 1.165) is 24.3 Å². The van der Waals surface area contributed by atoms with Gasteiger partial charge in [-0.1, -0.05) is 6.07 Å². The van der Waals surface area contributed by atoms with Crippen molar-refractivity contribution in [3.63, 3.8) is 0 Å². The minimum Gasteiger partial charge on any atom is -0.493 e. The van der Waals surface area contributed by atoms with Crippen LogP contribution in [0.25, 0.3) is 0 Å². The lowest BCUT2D eigenvalue weighted by Crippen LogP contribution is -2.49. The van der Waals surface area contributed by atoms with Crippen molar-refractivity contribution < 1.29 is 18.7 Å². The Hall–Kier alpha value is -2.76. The van der Waals surface area contributed by atoms with Crippen molar-refractivity contribution in [3.05, 3.63) is 53.8 Å². The van der Waals surface area contributed by atoms with Gasteiger partial charge in [-0.25, -0.2) is 4.39 Å². The fourth-order valence-electron chi connectivity index (χ4n) is 3.14. The highest BCUT2D eigenvalue weighted by Gasteiger charge is 2.21. The highest BCUT2D eigenvalue weighted by atomic mass is 19.1. The van der Waals surface area contributed by atoms with E-state index in [1.54, 1.807) is 26.4 Å². The van der Waals surface area contributed by atoms with Crippen molar-refractivity contribution in [1.82, 2.24) is 4.90 Å². The van der Waals surface area contributed by atoms with Crippen molar-refractivity contribution in [2.45, 2.75) is 6.42 Å². The average Bonchev–Trinajstić information content (AvgIpc) is 2.68. The molecule has 1 amide bonds. The summed E-state index contributed by atoms with van der Waals surface area (Å²) >= 11 is 0. The maximum atomic E-state index is 13.0. The summed E-state index contributed by atoms with van der Waals surface area (Å²) in [6, 6.07) is 12.0. The number of nitrogens with zero attached hydrogens (tertiary/aromatic N) is 2. The van der Waals surface area contributed by atoms with E-state index in [0.29, 0.717) is 31.0 Å². The Kier molecular flexibility index (Phi) is 5.61. The Balaban J connectivity index is 1.57. The highest BCUT2D eigenvalue weighted by molar-refractivity contribution is 5.79. The van der Waals surface area contributed by atoms with Crippen LogP contribution in [0.3, 0.4) is 0 Å². The molecule has 0 radical (unpaired) electrons. The first-order chi connectivity index (χ1) is 12.6. The molecule has 3 rings (SSSR count). The first-order valence-electron chi connectivity index (χ1n) is 8.60. The Morgan fingerprint density at radius 1 is 0.962 bits per heavy atom. The number of hydrogen-bond acceptors (Lipinski definition) is 4. The number of methoxy groups -OCH3 is 2. The molecule has 0 aromatic heterocycles. The lowest BCUT2D eigenvalue weighted by Gasteiger charge is -2.36. The van der Waals surface area contributed by atoms with E-state index < -0.39 is 0 Å². The molecule has 138 valence electrons. The average molecular weight is 358 g/mol. The quantitative estimate of drug-likeness (QED) is 0.824. The van der Waals surface area contributed by atoms with Crippen LogP contribution in [-0.2, 0) is 11.2 Å². The van der Waals surface area contributed by atoms with Crippen LogP contribution in [0.4, 0.5) is 10.1 Å². The van der Waals surface area contributed by atoms with Gasteiger partial charge in [0.15, 0.2) is 11.5 Å². The summed E-state index contributed by atoms with van der Waals surface area (Å²) in [5.41, 5.74) is 1.88. The Labute approximate surface area is 152 Å². The largest absolute Gasteiger partial charge is 0.493 e. The van der Waals surface area contributed by atoms with Crippen LogP contribution in [0, 0.1) is 5.82 Å². The van der Waals surface area contributed by atoms with Gasteiger partial charge >= 0.3 is 0 Å². The van der Waals surface area contributed by atoms with Gasteiger partial charge in [0, 0.05) is 31.9 Å². The fraction of sp³-hybridized carbons (Fsp3) is 0.350. The Morgan fingerprint density at radius 2 is 1.62 bits per heavy atom. The van der Waals surface area contributed by atoms with E-state index in [9.17, 15) is 9.18 Å². The maximum Gasteiger partial charge on any atom is 0.227 e. The molecule has 0 spiro atoms. The zero-order valence-electron chi connectivity index (χ0n) is 15.1. The molecule has 1 aliphatic heterocycles. The minimum absolute atomic E-state index is 0.0935. The number of amides is 1. The van der Waals surface area contributed by atoms with Crippen LogP contribution in [0.5, 0.6) is 11.5 Å². The maximum absolute atomic E-state index is 13.0. The van der Waals surface area contributed by atoms with E-state index >= 15 is 0 Å². The lowest BCUT2D eigenvalue weighted by molar-refractivity contribution is -0.130. The lowest BCUT2D eigenvalue weighted by atomic mass is 10.1. The van der Waals surface area contributed by atoms with Crippen LogP contribution in [0.1, 0.15) is 5.56 Å². The zero-order valence-corrected chi connectivity index (χ0v) is 15.1. The summed E-state index contributed by atoms with van der Waals surface area (Å²) in [6.07, 6.45) is 0.330. The third kappa shape index (κ3) is 4.07. The van der Waals surface area contributed by atoms with Crippen LogP contribution >= 0.6 is 0 Å². The molecule has 0 saturated carbocycles. The molecule has 0 aliphatic carbocycles. The van der Waals surface area contributed by atoms with Gasteiger partial charge in [-0.2, -0.15) is 0 Å². The second-order valence-corrected chi connectivity index (χ2v) is 6.21. The van der Waals surface area contributed by atoms with Crippen LogP contribution in [-0.4, -0.2) is 51.2 Å². The topological polar surface area (TPSA) is 42.0 Å². The van der Waals surface area contributed by atoms with Crippen molar-refractivity contribution in [2.24, 2.45) is 0 Å². The van der Waals surface area contributed by atoms with E-state index in [-0.39, 0.29) is 11.7 Å². The van der Waals surface area contributed by atoms with Gasteiger partial charge in [-0.3, -0.25) is 4.79 Å². The molecule has 2 aromatic carbocycles. The number of carbonyl (C=O) groups is 1. The second kappa shape index (κ2) is 8.08. The van der Waals surface area contributed by atoms with Gasteiger partial charge in [-0.15, -0.1) is 0 Å². The zero-order chi connectivity index (χ0) is 18.5. The number of ether oxygens (including phenoxy) is 2. The van der Waals surface area contributed by atoms with Gasteiger partial charge < -0.3 is 19.3 Å². The van der Waals surface area contributed by atoms with Gasteiger partial charge in [0.2, 0.25) is 5.91 Å². The molecular weight excluding hydrogens is 335 g/mol. The van der Waals surface area contributed by atoms with E-state index in [4.69, 9.17) is 9.47 Å². The number of halogens is 1. The molecule has 1 heterocycles. The smallest absolute Gasteiger partial charge is 0.227 e. The molecule has 26 heavy (non-hydrogen) atoms. The highest BCUT2D eigenvalue weighted by Crippen LogP contribution is 2.28. The minimum atomic E-state index is -0.238. The molecule has 6 heteroatoms. The number of rotatable bonds is 5. The first kappa shape index (κ1) is 18.0. The third-order valence-electron chi connectivity index (χ3n) is 4.63. The molecule has 0 atom stereocenters. The predicted molar refractivity (Wildman–Crippen MR) is 98.4 cm³/mol. The van der Waals surface area contributed by atoms with E-state index in [1.807, 2.05) is 23.1 Å². The Morgan fingerprint density at radius 3 is 2.23 bits per heavy atom. The van der Waals surface area contributed by atoms with Crippen molar-refractivity contribution >= 4 is 11.6 Å². The predicted octanol–water partition coefficient (Wildman–Crippen LogP) is 2.73. The summed E-state index contributed by atoms with van der Waals surface area (Å²) in [5, 5.41) is 0. The van der Waals surface area contributed by atoms with Gasteiger partial charge in [0.05, 0.1) is 20.6 Å². The first-order valence-corrected chi connectivity index (χ1v) is 8.60. The van der Waals surface area contributed by atoms with E-state index in [1.165, 1.54) is 12.1 Å². The number of carbonyl (C=O) groups excluding carboxylic acids is 1. The summed E-state index contributed by atoms with van der Waals surface area (Å²) in [5.74, 6) is 1.13. The summed E-state index contributed by atoms with van der Waals surface area (Å²) in [4.78, 5) is 16.6. The normalized spacial score (nSPS) is 14.3. The summed E-state index contributed by atoms with van der Waals surface area (Å²) in [7, 11) is 3.17. The monoisotopic (exact) mass is 358 g/mol. The number of benzene rings is 2. The molecule has 1 fully saturated rings. The number of hydrogen-bond donors (Lipinski definition) is 0. The van der Waals surface area contributed by atoms with Crippen molar-refractivity contribution in [3.8, 4) is 11.5 Å². The molecule has 5 nitrogen and oxygen atoms in total. The van der Waals surface area contributed by atoms with Crippen LogP contribution in [0.2, 0.25) is 0 Å². The van der Waals surface area contributed by atoms with Gasteiger partial charge in [-0.05, 0) is 42.0 Å². The van der Waals surface area contributed by atoms with Crippen LogP contribution in [0.15, 0.2) is 42.5 Å². The number of anilines is 1. The Bertz CT molecular complexity index is 756. The van der Waals surface area contributed by atoms with Gasteiger partial charge in [0.1, 0.15) is 5.82 Å². The third-order valence-corrected chi connectivity index (χ3v) is 4.63. The van der Waals surface area contributed by atoms with E-state index in [2.05, 4.69) is 4.90 Å². The van der Waals surface area contributed by atoms with Crippen LogP contribution < -0.4 is 14.4 Å². The molecule has 0 bridgehead atoms. The molecule has 1 saturated heterocycles. The second-order valence-electron chi connectivity index (χ2n) is 6.21. The summed E-state index contributed by atoms with van der Waals surface area (Å²) < 4.78 is 23.6.